The van der Waals surface area contributed by atoms with E-state index in [4.69, 9.17) is 0 Å². The highest BCUT2D eigenvalue weighted by atomic mass is 16.2. The molecule has 0 aliphatic carbocycles. The quantitative estimate of drug-likeness (QED) is 0.801. The first kappa shape index (κ1) is 18.6. The molecule has 3 aliphatic heterocycles. The lowest BCUT2D eigenvalue weighted by Gasteiger charge is -2.36. The zero-order valence-electron chi connectivity index (χ0n) is 15.7. The number of hydrogen-bond acceptors (Lipinski definition) is 4. The predicted octanol–water partition coefficient (Wildman–Crippen LogP) is 0.921. The van der Waals surface area contributed by atoms with Crippen LogP contribution in [0.25, 0.3) is 0 Å². The van der Waals surface area contributed by atoms with Crippen LogP contribution in [0.1, 0.15) is 45.4 Å². The summed E-state index contributed by atoms with van der Waals surface area (Å²) >= 11 is 0. The zero-order chi connectivity index (χ0) is 17.6. The van der Waals surface area contributed by atoms with Crippen LogP contribution in [0.3, 0.4) is 0 Å². The summed E-state index contributed by atoms with van der Waals surface area (Å²) in [6, 6.07) is 0.383. The number of hydrogen-bond donors (Lipinski definition) is 1. The van der Waals surface area contributed by atoms with Crippen LogP contribution < -0.4 is 5.32 Å². The van der Waals surface area contributed by atoms with Crippen molar-refractivity contribution in [3.63, 3.8) is 0 Å². The Labute approximate surface area is 151 Å². The SMILES string of the molecule is CCN1CCN(C(=O)CC2CCN(C(=O)CC3CCCN3)CC2)CC1. The van der Waals surface area contributed by atoms with Crippen LogP contribution in [0.4, 0.5) is 0 Å². The second-order valence-electron chi connectivity index (χ2n) is 7.84. The predicted molar refractivity (Wildman–Crippen MR) is 98.3 cm³/mol. The van der Waals surface area contributed by atoms with E-state index >= 15 is 0 Å². The minimum Gasteiger partial charge on any atom is -0.343 e. The van der Waals surface area contributed by atoms with Crippen LogP contribution in [-0.4, -0.2) is 84.9 Å². The van der Waals surface area contributed by atoms with Gasteiger partial charge in [0.05, 0.1) is 0 Å². The van der Waals surface area contributed by atoms with E-state index in [1.807, 2.05) is 9.80 Å². The van der Waals surface area contributed by atoms with Gasteiger partial charge in [-0.1, -0.05) is 6.92 Å². The summed E-state index contributed by atoms with van der Waals surface area (Å²) in [5, 5.41) is 3.40. The molecule has 1 unspecified atom stereocenters. The molecule has 3 saturated heterocycles. The number of likely N-dealkylation sites (tertiary alicyclic amines) is 1. The summed E-state index contributed by atoms with van der Waals surface area (Å²) in [7, 11) is 0. The zero-order valence-corrected chi connectivity index (χ0v) is 15.7. The van der Waals surface area contributed by atoms with Gasteiger partial charge in [0, 0.05) is 58.2 Å². The van der Waals surface area contributed by atoms with Crippen molar-refractivity contribution < 1.29 is 9.59 Å². The average molecular weight is 351 g/mol. The maximum absolute atomic E-state index is 12.5. The Balaban J connectivity index is 1.36. The van der Waals surface area contributed by atoms with Crippen molar-refractivity contribution in [3.05, 3.63) is 0 Å². The van der Waals surface area contributed by atoms with Gasteiger partial charge < -0.3 is 20.0 Å². The van der Waals surface area contributed by atoms with Gasteiger partial charge in [-0.25, -0.2) is 0 Å². The molecule has 1 N–H and O–H groups in total. The van der Waals surface area contributed by atoms with Gasteiger partial charge in [0.1, 0.15) is 0 Å². The van der Waals surface area contributed by atoms with E-state index in [2.05, 4.69) is 17.1 Å². The molecule has 0 radical (unpaired) electrons. The first-order valence-electron chi connectivity index (χ1n) is 10.2. The minimum absolute atomic E-state index is 0.292. The molecule has 3 heterocycles. The van der Waals surface area contributed by atoms with Crippen molar-refractivity contribution in [2.24, 2.45) is 5.92 Å². The van der Waals surface area contributed by atoms with Gasteiger partial charge in [-0.2, -0.15) is 0 Å². The molecular formula is C19H34N4O2. The molecule has 0 aromatic rings. The molecule has 3 aliphatic rings. The smallest absolute Gasteiger partial charge is 0.224 e. The highest BCUT2D eigenvalue weighted by Gasteiger charge is 2.28. The highest BCUT2D eigenvalue weighted by molar-refractivity contribution is 5.77. The monoisotopic (exact) mass is 350 g/mol. The topological polar surface area (TPSA) is 55.9 Å². The molecule has 3 rings (SSSR count). The van der Waals surface area contributed by atoms with Crippen molar-refractivity contribution in [2.75, 3.05) is 52.4 Å². The summed E-state index contributed by atoms with van der Waals surface area (Å²) in [5.41, 5.74) is 0. The summed E-state index contributed by atoms with van der Waals surface area (Å²) in [6.45, 7) is 9.71. The van der Waals surface area contributed by atoms with E-state index in [0.29, 0.717) is 36.6 Å². The van der Waals surface area contributed by atoms with Gasteiger partial charge in [-0.05, 0) is 44.7 Å². The number of piperidine rings is 1. The Morgan fingerprint density at radius 3 is 2.12 bits per heavy atom. The molecule has 0 aromatic heterocycles. The van der Waals surface area contributed by atoms with E-state index in [0.717, 1.165) is 71.6 Å². The Morgan fingerprint density at radius 2 is 1.52 bits per heavy atom. The third-order valence-electron chi connectivity index (χ3n) is 6.19. The Kier molecular flexibility index (Phi) is 6.70. The van der Waals surface area contributed by atoms with E-state index in [1.54, 1.807) is 0 Å². The molecule has 6 nitrogen and oxygen atoms in total. The molecule has 0 bridgehead atoms. The Morgan fingerprint density at radius 1 is 0.880 bits per heavy atom. The number of amides is 2. The molecule has 0 aromatic carbocycles. The van der Waals surface area contributed by atoms with E-state index in [1.165, 1.54) is 6.42 Å². The molecular weight excluding hydrogens is 316 g/mol. The van der Waals surface area contributed by atoms with E-state index in [-0.39, 0.29) is 0 Å². The lowest BCUT2D eigenvalue weighted by Crippen LogP contribution is -2.49. The molecule has 2 amide bonds. The van der Waals surface area contributed by atoms with Gasteiger partial charge >= 0.3 is 0 Å². The van der Waals surface area contributed by atoms with Crippen LogP contribution in [-0.2, 0) is 9.59 Å². The average Bonchev–Trinajstić information content (AvgIpc) is 3.15. The number of nitrogens with zero attached hydrogens (tertiary/aromatic N) is 3. The summed E-state index contributed by atoms with van der Waals surface area (Å²) in [4.78, 5) is 31.4. The lowest BCUT2D eigenvalue weighted by molar-refractivity contribution is -0.135. The first-order chi connectivity index (χ1) is 12.2. The lowest BCUT2D eigenvalue weighted by atomic mass is 9.92. The standard InChI is InChI=1S/C19H34N4O2/c1-2-21-10-12-23(13-11-21)18(24)14-16-5-8-22(9-6-16)19(25)15-17-4-3-7-20-17/h16-17,20H,2-15H2,1H3. The molecule has 3 fully saturated rings. The largest absolute Gasteiger partial charge is 0.343 e. The number of piperazine rings is 1. The van der Waals surface area contributed by atoms with Crippen molar-refractivity contribution in [1.82, 2.24) is 20.0 Å². The van der Waals surface area contributed by atoms with Gasteiger partial charge in [-0.15, -0.1) is 0 Å². The number of carbonyl (C=O) groups is 2. The van der Waals surface area contributed by atoms with Crippen molar-refractivity contribution in [1.29, 1.82) is 0 Å². The van der Waals surface area contributed by atoms with Crippen LogP contribution >= 0.6 is 0 Å². The highest BCUT2D eigenvalue weighted by Crippen LogP contribution is 2.23. The van der Waals surface area contributed by atoms with Crippen molar-refractivity contribution in [3.8, 4) is 0 Å². The fourth-order valence-electron chi connectivity index (χ4n) is 4.35. The second-order valence-corrected chi connectivity index (χ2v) is 7.84. The van der Waals surface area contributed by atoms with Crippen molar-refractivity contribution in [2.45, 2.75) is 51.5 Å². The summed E-state index contributed by atoms with van der Waals surface area (Å²) < 4.78 is 0. The number of rotatable bonds is 5. The minimum atomic E-state index is 0.292. The molecule has 0 saturated carbocycles. The molecule has 142 valence electrons. The van der Waals surface area contributed by atoms with Gasteiger partial charge in [0.15, 0.2) is 0 Å². The van der Waals surface area contributed by atoms with Crippen LogP contribution in [0, 0.1) is 5.92 Å². The van der Waals surface area contributed by atoms with Gasteiger partial charge in [-0.3, -0.25) is 9.59 Å². The summed E-state index contributed by atoms with van der Waals surface area (Å²) in [6.07, 6.45) is 5.58. The Hall–Kier alpha value is -1.14. The molecule has 0 spiro atoms. The third kappa shape index (κ3) is 5.17. The van der Waals surface area contributed by atoms with Gasteiger partial charge in [0.25, 0.3) is 0 Å². The van der Waals surface area contributed by atoms with E-state index < -0.39 is 0 Å². The molecule has 6 heteroatoms. The van der Waals surface area contributed by atoms with Gasteiger partial charge in [0.2, 0.25) is 11.8 Å². The fourth-order valence-corrected chi connectivity index (χ4v) is 4.35. The number of carbonyl (C=O) groups excluding carboxylic acids is 2. The Bertz CT molecular complexity index is 448. The number of likely N-dealkylation sites (N-methyl/N-ethyl adjacent to an activating group) is 1. The third-order valence-corrected chi connectivity index (χ3v) is 6.19. The van der Waals surface area contributed by atoms with E-state index in [9.17, 15) is 9.59 Å². The van der Waals surface area contributed by atoms with Crippen LogP contribution in [0.2, 0.25) is 0 Å². The van der Waals surface area contributed by atoms with Crippen LogP contribution in [0.5, 0.6) is 0 Å². The normalized spacial score (nSPS) is 26.2. The molecule has 25 heavy (non-hydrogen) atoms. The van der Waals surface area contributed by atoms with Crippen molar-refractivity contribution >= 4 is 11.8 Å². The van der Waals surface area contributed by atoms with Crippen LogP contribution in [0.15, 0.2) is 0 Å². The second kappa shape index (κ2) is 8.99. The fraction of sp³-hybridized carbons (Fsp3) is 0.895. The molecule has 1 atom stereocenters. The number of nitrogens with one attached hydrogen (secondary N) is 1. The maximum atomic E-state index is 12.5. The first-order valence-corrected chi connectivity index (χ1v) is 10.2. The summed E-state index contributed by atoms with van der Waals surface area (Å²) in [5.74, 6) is 1.06. The maximum Gasteiger partial charge on any atom is 0.224 e.